The monoisotopic (exact) mass is 427 g/mol. The Balaban J connectivity index is 1.60. The third-order valence-corrected chi connectivity index (χ3v) is 6.13. The Morgan fingerprint density at radius 3 is 2.66 bits per heavy atom. The molecule has 3 heterocycles. The van der Waals surface area contributed by atoms with Gasteiger partial charge in [0.25, 0.3) is 0 Å². The van der Waals surface area contributed by atoms with E-state index in [2.05, 4.69) is 50.6 Å². The van der Waals surface area contributed by atoms with Crippen LogP contribution in [0.1, 0.15) is 34.2 Å². The topological polar surface area (TPSA) is 73.1 Å². The molecular weight excluding hydrogens is 402 g/mol. The Hall–Kier alpha value is -3.74. The van der Waals surface area contributed by atoms with Crippen molar-refractivity contribution >= 4 is 22.6 Å². The first kappa shape index (κ1) is 20.2. The van der Waals surface area contributed by atoms with E-state index in [1.54, 1.807) is 6.20 Å². The summed E-state index contributed by atoms with van der Waals surface area (Å²) in [7, 11) is 0. The zero-order valence-corrected chi connectivity index (χ0v) is 18.5. The Bertz CT molecular complexity index is 1310. The fraction of sp³-hybridized carbons (Fsp3) is 0.280. The molecule has 2 aromatic heterocycles. The highest BCUT2D eigenvalue weighted by Gasteiger charge is 2.27. The molecule has 0 fully saturated rings. The number of benzene rings is 2. The zero-order valence-electron chi connectivity index (χ0n) is 18.5. The lowest BCUT2D eigenvalue weighted by atomic mass is 10.0. The summed E-state index contributed by atoms with van der Waals surface area (Å²) >= 11 is 0. The highest BCUT2D eigenvalue weighted by atomic mass is 16.5. The first-order chi connectivity index (χ1) is 15.6. The van der Waals surface area contributed by atoms with Crippen LogP contribution in [0.2, 0.25) is 0 Å². The van der Waals surface area contributed by atoms with E-state index in [9.17, 15) is 4.79 Å². The molecule has 0 unspecified atom stereocenters. The lowest BCUT2D eigenvalue weighted by molar-refractivity contribution is 0.0526. The highest BCUT2D eigenvalue weighted by Crippen LogP contribution is 2.35. The number of carbonyl (C=O) groups excluding carboxylic acids is 1. The van der Waals surface area contributed by atoms with Crippen LogP contribution in [0.4, 0.5) is 5.69 Å². The normalized spacial score (nSPS) is 13.3. The number of anilines is 1. The van der Waals surface area contributed by atoms with Crippen LogP contribution >= 0.6 is 0 Å². The maximum absolute atomic E-state index is 12.8. The number of aromatic nitrogens is 4. The summed E-state index contributed by atoms with van der Waals surface area (Å²) in [6.07, 6.45) is 1.65. The molecule has 1 aliphatic heterocycles. The van der Waals surface area contributed by atoms with Crippen LogP contribution in [0, 0.1) is 13.8 Å². The van der Waals surface area contributed by atoms with Crippen LogP contribution in [0.15, 0.2) is 48.7 Å². The van der Waals surface area contributed by atoms with Gasteiger partial charge in [-0.05, 0) is 31.9 Å². The van der Waals surface area contributed by atoms with E-state index < -0.39 is 0 Å². The maximum atomic E-state index is 12.8. The van der Waals surface area contributed by atoms with Crippen molar-refractivity contribution in [3.05, 3.63) is 71.2 Å². The molecular formula is C25H25N5O2. The van der Waals surface area contributed by atoms with Crippen molar-refractivity contribution in [3.63, 3.8) is 0 Å². The largest absolute Gasteiger partial charge is 0.462 e. The number of nitrogens with zero attached hydrogens (tertiary/aromatic N) is 5. The molecule has 0 amide bonds. The second-order valence-electron chi connectivity index (χ2n) is 8.02. The lowest BCUT2D eigenvalue weighted by Gasteiger charge is -2.32. The van der Waals surface area contributed by atoms with Crippen molar-refractivity contribution in [3.8, 4) is 11.4 Å². The molecule has 162 valence electrons. The Morgan fingerprint density at radius 2 is 1.88 bits per heavy atom. The van der Waals surface area contributed by atoms with Gasteiger partial charge in [-0.25, -0.2) is 4.79 Å². The molecule has 0 radical (unpaired) electrons. The van der Waals surface area contributed by atoms with Crippen LogP contribution in [-0.2, 0) is 17.8 Å². The van der Waals surface area contributed by atoms with Gasteiger partial charge in [-0.15, -0.1) is 10.2 Å². The number of aryl methyl sites for hydroxylation is 2. The van der Waals surface area contributed by atoms with E-state index in [1.165, 1.54) is 5.56 Å². The van der Waals surface area contributed by atoms with E-state index in [1.807, 2.05) is 37.3 Å². The third kappa shape index (κ3) is 3.30. The zero-order chi connectivity index (χ0) is 22.2. The summed E-state index contributed by atoms with van der Waals surface area (Å²) in [4.78, 5) is 19.6. The predicted molar refractivity (Wildman–Crippen MR) is 124 cm³/mol. The second kappa shape index (κ2) is 8.07. The summed E-state index contributed by atoms with van der Waals surface area (Å²) in [6.45, 7) is 8.28. The highest BCUT2D eigenvalue weighted by molar-refractivity contribution is 6.06. The first-order valence-electron chi connectivity index (χ1n) is 10.9. The quantitative estimate of drug-likeness (QED) is 0.452. The van der Waals surface area contributed by atoms with Gasteiger partial charge in [-0.1, -0.05) is 42.5 Å². The van der Waals surface area contributed by atoms with Crippen molar-refractivity contribution in [2.75, 3.05) is 18.1 Å². The maximum Gasteiger partial charge on any atom is 0.341 e. The Labute approximate surface area is 186 Å². The standard InChI is InChI=1S/C25H25N5O2/c1-4-32-25(31)20-14-26-22-17(3)16(2)10-11-19(22)23(20)29-12-13-30-21(15-29)27-28-24(30)18-8-6-5-7-9-18/h5-11,14H,4,12-13,15H2,1-3H3. The smallest absolute Gasteiger partial charge is 0.341 e. The minimum Gasteiger partial charge on any atom is -0.462 e. The number of hydrogen-bond acceptors (Lipinski definition) is 6. The minimum absolute atomic E-state index is 0.317. The van der Waals surface area contributed by atoms with E-state index in [4.69, 9.17) is 4.74 Å². The minimum atomic E-state index is -0.354. The fourth-order valence-corrected chi connectivity index (χ4v) is 4.34. The molecule has 7 nitrogen and oxygen atoms in total. The van der Waals surface area contributed by atoms with Crippen molar-refractivity contribution in [1.82, 2.24) is 19.7 Å². The molecule has 5 rings (SSSR count). The summed E-state index contributed by atoms with van der Waals surface area (Å²) in [5.74, 6) is 1.39. The predicted octanol–water partition coefficient (Wildman–Crippen LogP) is 4.31. The molecule has 32 heavy (non-hydrogen) atoms. The molecule has 4 aromatic rings. The van der Waals surface area contributed by atoms with Crippen LogP contribution in [-0.4, -0.2) is 38.9 Å². The summed E-state index contributed by atoms with van der Waals surface area (Å²) in [5.41, 5.74) is 5.58. The molecule has 0 N–H and O–H groups in total. The molecule has 0 bridgehead atoms. The second-order valence-corrected chi connectivity index (χ2v) is 8.02. The number of esters is 1. The molecule has 1 aliphatic rings. The average Bonchev–Trinajstić information content (AvgIpc) is 3.25. The van der Waals surface area contributed by atoms with Crippen molar-refractivity contribution in [1.29, 1.82) is 0 Å². The van der Waals surface area contributed by atoms with Gasteiger partial charge in [0, 0.05) is 30.2 Å². The van der Waals surface area contributed by atoms with Gasteiger partial charge in [-0.2, -0.15) is 0 Å². The Morgan fingerprint density at radius 1 is 1.06 bits per heavy atom. The Kier molecular flexibility index (Phi) is 5.09. The van der Waals surface area contributed by atoms with Crippen molar-refractivity contribution in [2.45, 2.75) is 33.9 Å². The van der Waals surface area contributed by atoms with Gasteiger partial charge < -0.3 is 14.2 Å². The van der Waals surface area contributed by atoms with Crippen molar-refractivity contribution in [2.24, 2.45) is 0 Å². The number of carbonyl (C=O) groups is 1. The van der Waals surface area contributed by atoms with E-state index >= 15 is 0 Å². The average molecular weight is 428 g/mol. The number of rotatable bonds is 4. The lowest BCUT2D eigenvalue weighted by Crippen LogP contribution is -2.35. The van der Waals surface area contributed by atoms with Crippen LogP contribution < -0.4 is 4.90 Å². The number of pyridine rings is 1. The van der Waals surface area contributed by atoms with Gasteiger partial charge in [0.1, 0.15) is 5.56 Å². The van der Waals surface area contributed by atoms with Crippen LogP contribution in [0.3, 0.4) is 0 Å². The molecule has 0 aliphatic carbocycles. The number of fused-ring (bicyclic) bond motifs is 2. The first-order valence-corrected chi connectivity index (χ1v) is 10.9. The van der Waals surface area contributed by atoms with Crippen molar-refractivity contribution < 1.29 is 9.53 Å². The number of ether oxygens (including phenoxy) is 1. The third-order valence-electron chi connectivity index (χ3n) is 6.13. The summed E-state index contributed by atoms with van der Waals surface area (Å²) in [5, 5.41) is 9.88. The van der Waals surface area contributed by atoms with Gasteiger partial charge in [0.05, 0.1) is 24.4 Å². The summed E-state index contributed by atoms with van der Waals surface area (Å²) in [6, 6.07) is 14.2. The SMILES string of the molecule is CCOC(=O)c1cnc2c(C)c(C)ccc2c1N1CCn2c(nnc2-c2ccccc2)C1. The molecule has 7 heteroatoms. The van der Waals surface area contributed by atoms with E-state index in [0.29, 0.717) is 18.7 Å². The molecule has 0 saturated heterocycles. The van der Waals surface area contributed by atoms with Crippen LogP contribution in [0.5, 0.6) is 0 Å². The van der Waals surface area contributed by atoms with Gasteiger partial charge in [-0.3, -0.25) is 4.98 Å². The molecule has 0 atom stereocenters. The fourth-order valence-electron chi connectivity index (χ4n) is 4.34. The summed E-state index contributed by atoms with van der Waals surface area (Å²) < 4.78 is 7.52. The molecule has 0 spiro atoms. The van der Waals surface area contributed by atoms with E-state index in [-0.39, 0.29) is 5.97 Å². The van der Waals surface area contributed by atoms with Crippen LogP contribution in [0.25, 0.3) is 22.3 Å². The van der Waals surface area contributed by atoms with Gasteiger partial charge in [0.15, 0.2) is 11.6 Å². The molecule has 2 aromatic carbocycles. The van der Waals surface area contributed by atoms with E-state index in [0.717, 1.165) is 52.5 Å². The van der Waals surface area contributed by atoms with Gasteiger partial charge in [0.2, 0.25) is 0 Å². The van der Waals surface area contributed by atoms with Gasteiger partial charge >= 0.3 is 5.97 Å². The molecule has 0 saturated carbocycles. The number of hydrogen-bond donors (Lipinski definition) is 0.